The third-order valence-electron chi connectivity index (χ3n) is 4.56. The molecule has 1 fully saturated rings. The molecule has 0 bridgehead atoms. The van der Waals surface area contributed by atoms with Crippen molar-refractivity contribution in [2.45, 2.75) is 64.6 Å². The van der Waals surface area contributed by atoms with Crippen molar-refractivity contribution in [2.24, 2.45) is 0 Å². The van der Waals surface area contributed by atoms with Gasteiger partial charge in [-0.05, 0) is 44.4 Å². The molecule has 0 aliphatic heterocycles. The average Bonchev–Trinajstić information content (AvgIpc) is 2.53. The zero-order chi connectivity index (χ0) is 16.8. The molecule has 1 aliphatic rings. The van der Waals surface area contributed by atoms with E-state index in [1.54, 1.807) is 0 Å². The van der Waals surface area contributed by atoms with Crippen molar-refractivity contribution in [3.63, 3.8) is 0 Å². The number of benzene rings is 1. The molecular formula is C19H31ClN3+. The van der Waals surface area contributed by atoms with Crippen molar-refractivity contribution in [2.75, 3.05) is 14.1 Å². The summed E-state index contributed by atoms with van der Waals surface area (Å²) in [5, 5.41) is 4.45. The summed E-state index contributed by atoms with van der Waals surface area (Å²) < 4.78 is 2.21. The molecule has 0 amide bonds. The minimum Gasteiger partial charge on any atom is -0.274 e. The third-order valence-corrected chi connectivity index (χ3v) is 4.81. The molecule has 0 unspecified atom stereocenters. The van der Waals surface area contributed by atoms with Crippen LogP contribution in [0.25, 0.3) is 0 Å². The molecule has 128 valence electrons. The van der Waals surface area contributed by atoms with Gasteiger partial charge in [0.25, 0.3) is 0 Å². The number of hydrogen-bond acceptors (Lipinski definition) is 0. The van der Waals surface area contributed by atoms with E-state index in [2.05, 4.69) is 54.9 Å². The molecule has 4 heteroatoms. The van der Waals surface area contributed by atoms with Gasteiger partial charge in [-0.1, -0.05) is 43.0 Å². The van der Waals surface area contributed by atoms with E-state index < -0.39 is 0 Å². The van der Waals surface area contributed by atoms with E-state index in [-0.39, 0.29) is 0 Å². The molecule has 2 rings (SSSR count). The summed E-state index contributed by atoms with van der Waals surface area (Å²) in [6.45, 7) is 5.41. The van der Waals surface area contributed by atoms with E-state index in [1.165, 1.54) is 43.6 Å². The minimum atomic E-state index is 0.494. The minimum absolute atomic E-state index is 0.494. The molecule has 0 spiro atoms. The number of rotatable bonds is 4. The van der Waals surface area contributed by atoms with Gasteiger partial charge in [0.15, 0.2) is 0 Å². The lowest BCUT2D eigenvalue weighted by atomic mass is 9.93. The summed E-state index contributed by atoms with van der Waals surface area (Å²) in [5.74, 6) is 1.22. The maximum Gasteiger partial charge on any atom is 0.348 e. The highest BCUT2D eigenvalue weighted by Crippen LogP contribution is 2.24. The second-order valence-corrected chi connectivity index (χ2v) is 7.43. The van der Waals surface area contributed by atoms with E-state index >= 15 is 0 Å². The maximum atomic E-state index is 5.98. The van der Waals surface area contributed by atoms with Gasteiger partial charge in [-0.3, -0.25) is 14.8 Å². The number of halogens is 1. The van der Waals surface area contributed by atoms with Gasteiger partial charge in [-0.25, -0.2) is 0 Å². The van der Waals surface area contributed by atoms with Gasteiger partial charge >= 0.3 is 5.96 Å². The van der Waals surface area contributed by atoms with E-state index in [0.29, 0.717) is 12.1 Å². The molecule has 3 nitrogen and oxygen atoms in total. The first-order chi connectivity index (χ1) is 11.0. The van der Waals surface area contributed by atoms with E-state index in [4.69, 9.17) is 11.6 Å². The van der Waals surface area contributed by atoms with E-state index in [0.717, 1.165) is 11.6 Å². The average molecular weight is 337 g/mol. The second-order valence-electron chi connectivity index (χ2n) is 6.99. The predicted molar refractivity (Wildman–Crippen MR) is 99.3 cm³/mol. The van der Waals surface area contributed by atoms with Crippen molar-refractivity contribution in [1.29, 1.82) is 0 Å². The van der Waals surface area contributed by atoms with Crippen LogP contribution in [0.2, 0.25) is 5.02 Å². The summed E-state index contributed by atoms with van der Waals surface area (Å²) in [6, 6.07) is 9.23. The Bertz CT molecular complexity index is 512. The van der Waals surface area contributed by atoms with Gasteiger partial charge in [0.2, 0.25) is 0 Å². The quantitative estimate of drug-likeness (QED) is 0.507. The Morgan fingerprint density at radius 1 is 1.17 bits per heavy atom. The van der Waals surface area contributed by atoms with Crippen LogP contribution < -0.4 is 5.32 Å². The van der Waals surface area contributed by atoms with Gasteiger partial charge < -0.3 is 0 Å². The number of nitrogens with zero attached hydrogens (tertiary/aromatic N) is 2. The first-order valence-corrected chi connectivity index (χ1v) is 9.17. The van der Waals surface area contributed by atoms with Crippen LogP contribution in [0.5, 0.6) is 0 Å². The van der Waals surface area contributed by atoms with Crippen molar-refractivity contribution < 1.29 is 4.58 Å². The van der Waals surface area contributed by atoms with Crippen molar-refractivity contribution in [3.05, 3.63) is 34.9 Å². The predicted octanol–water partition coefficient (Wildman–Crippen LogP) is 4.10. The van der Waals surface area contributed by atoms with Crippen LogP contribution in [0.3, 0.4) is 0 Å². The zero-order valence-corrected chi connectivity index (χ0v) is 15.7. The molecule has 23 heavy (non-hydrogen) atoms. The Balaban J connectivity index is 2.11. The van der Waals surface area contributed by atoms with Crippen molar-refractivity contribution >= 4 is 17.6 Å². The molecule has 0 atom stereocenters. The Kier molecular flexibility index (Phi) is 6.76. The zero-order valence-electron chi connectivity index (χ0n) is 15.0. The molecule has 1 aromatic carbocycles. The van der Waals surface area contributed by atoms with E-state index in [9.17, 15) is 0 Å². The standard InChI is InChI=1S/C19H30ClN3/c1-15(2)23(18-8-6-5-7-9-18)19(22(3)4)21-14-16-10-12-17(20)13-11-16/h10-13,15,18H,5-9,14H2,1-4H3/p+1. The fourth-order valence-corrected chi connectivity index (χ4v) is 3.59. The Hall–Kier alpha value is -1.22. The first kappa shape index (κ1) is 18.1. The molecule has 0 saturated heterocycles. The molecule has 0 radical (unpaired) electrons. The van der Waals surface area contributed by atoms with Gasteiger partial charge in [0.1, 0.15) is 0 Å². The molecule has 1 saturated carbocycles. The highest BCUT2D eigenvalue weighted by molar-refractivity contribution is 6.30. The number of guanidine groups is 1. The summed E-state index contributed by atoms with van der Waals surface area (Å²) >= 11 is 5.98. The molecule has 0 aromatic heterocycles. The third kappa shape index (κ3) is 5.13. The van der Waals surface area contributed by atoms with Crippen LogP contribution in [0.15, 0.2) is 24.3 Å². The van der Waals surface area contributed by atoms with Crippen molar-refractivity contribution in [3.8, 4) is 0 Å². The van der Waals surface area contributed by atoms with Crippen LogP contribution in [0.1, 0.15) is 51.5 Å². The highest BCUT2D eigenvalue weighted by atomic mass is 35.5. The lowest BCUT2D eigenvalue weighted by Gasteiger charge is -2.35. The topological polar surface area (TPSA) is 18.3 Å². The molecular weight excluding hydrogens is 306 g/mol. The smallest absolute Gasteiger partial charge is 0.274 e. The van der Waals surface area contributed by atoms with Crippen LogP contribution in [0.4, 0.5) is 0 Å². The Labute approximate surface area is 146 Å². The monoisotopic (exact) mass is 336 g/mol. The SMILES string of the molecule is CC(C)N(C(NCc1ccc(Cl)cc1)=[N+](C)C)C1CCCCC1. The summed E-state index contributed by atoms with van der Waals surface area (Å²) in [5.41, 5.74) is 1.25. The fraction of sp³-hybridized carbons (Fsp3) is 0.632. The van der Waals surface area contributed by atoms with Crippen LogP contribution in [-0.4, -0.2) is 41.6 Å². The highest BCUT2D eigenvalue weighted by Gasteiger charge is 2.32. The molecule has 1 aliphatic carbocycles. The summed E-state index contributed by atoms with van der Waals surface area (Å²) in [6.07, 6.45) is 6.70. The summed E-state index contributed by atoms with van der Waals surface area (Å²) in [7, 11) is 4.25. The normalized spacial score (nSPS) is 15.6. The van der Waals surface area contributed by atoms with Crippen LogP contribution in [-0.2, 0) is 6.54 Å². The number of hydrogen-bond donors (Lipinski definition) is 1. The molecule has 1 N–H and O–H groups in total. The second kappa shape index (κ2) is 8.58. The van der Waals surface area contributed by atoms with Gasteiger partial charge in [0, 0.05) is 5.02 Å². The maximum absolute atomic E-state index is 5.98. The van der Waals surface area contributed by atoms with Crippen molar-refractivity contribution in [1.82, 2.24) is 10.2 Å². The van der Waals surface area contributed by atoms with Gasteiger partial charge in [-0.15, -0.1) is 0 Å². The molecule has 1 aromatic rings. The fourth-order valence-electron chi connectivity index (χ4n) is 3.46. The van der Waals surface area contributed by atoms with Crippen LogP contribution >= 0.6 is 11.6 Å². The summed E-state index contributed by atoms with van der Waals surface area (Å²) in [4.78, 5) is 2.58. The first-order valence-electron chi connectivity index (χ1n) is 8.80. The van der Waals surface area contributed by atoms with Gasteiger partial charge in [0.05, 0.1) is 32.7 Å². The lowest BCUT2D eigenvalue weighted by Crippen LogP contribution is -2.54. The Morgan fingerprint density at radius 2 is 1.78 bits per heavy atom. The van der Waals surface area contributed by atoms with E-state index in [1.807, 2.05) is 12.1 Å². The molecule has 0 heterocycles. The number of nitrogens with one attached hydrogen (secondary N) is 1. The van der Waals surface area contributed by atoms with Gasteiger partial charge in [-0.2, -0.15) is 0 Å². The van der Waals surface area contributed by atoms with Crippen LogP contribution in [0, 0.1) is 0 Å². The lowest BCUT2D eigenvalue weighted by molar-refractivity contribution is -0.473. The Morgan fingerprint density at radius 3 is 2.30 bits per heavy atom. The largest absolute Gasteiger partial charge is 0.348 e.